The van der Waals surface area contributed by atoms with Gasteiger partial charge in [0.15, 0.2) is 0 Å². The molecule has 2 heterocycles. The number of hydrogen-bond donors (Lipinski definition) is 1. The molecule has 0 atom stereocenters. The first kappa shape index (κ1) is 14.7. The van der Waals surface area contributed by atoms with Crippen LogP contribution in [0.1, 0.15) is 5.69 Å². The third kappa shape index (κ3) is 2.85. The number of ether oxygens (including phenoxy) is 1. The second-order valence-corrected chi connectivity index (χ2v) is 5.37. The van der Waals surface area contributed by atoms with Crippen molar-refractivity contribution in [2.45, 2.75) is 13.5 Å². The van der Waals surface area contributed by atoms with Crippen LogP contribution in [0.15, 0.2) is 36.7 Å². The van der Waals surface area contributed by atoms with Gasteiger partial charge in [0.05, 0.1) is 12.6 Å². The zero-order valence-corrected chi connectivity index (χ0v) is 13.3. The van der Waals surface area contributed by atoms with E-state index in [9.17, 15) is 0 Å². The molecule has 0 spiro atoms. The molecule has 0 radical (unpaired) electrons. The molecule has 3 rings (SSSR count). The quantitative estimate of drug-likeness (QED) is 0.732. The minimum Gasteiger partial charge on any atom is -0.496 e. The highest BCUT2D eigenvalue weighted by Crippen LogP contribution is 2.28. The number of aryl methyl sites for hydroxylation is 1. The summed E-state index contributed by atoms with van der Waals surface area (Å²) in [6, 6.07) is 9.95. The Bertz CT molecular complexity index is 800. The van der Waals surface area contributed by atoms with Crippen molar-refractivity contribution < 1.29 is 4.74 Å². The fourth-order valence-electron chi connectivity index (χ4n) is 2.59. The number of aromatic nitrogens is 3. The summed E-state index contributed by atoms with van der Waals surface area (Å²) in [5.74, 6) is 1.63. The van der Waals surface area contributed by atoms with E-state index < -0.39 is 0 Å². The molecule has 0 fully saturated rings. The molecular formula is C16H17ClN4O. The smallest absolute Gasteiger partial charge is 0.134 e. The van der Waals surface area contributed by atoms with Gasteiger partial charge >= 0.3 is 0 Å². The number of anilines is 1. The van der Waals surface area contributed by atoms with Crippen LogP contribution in [0.3, 0.4) is 0 Å². The number of halogens is 1. The van der Waals surface area contributed by atoms with Crippen molar-refractivity contribution in [3.63, 3.8) is 0 Å². The van der Waals surface area contributed by atoms with Gasteiger partial charge in [-0.2, -0.15) is 0 Å². The van der Waals surface area contributed by atoms with Gasteiger partial charge in [-0.15, -0.1) is 0 Å². The standard InChI is InChI=1S/C16H17ClN4O/c1-11-8-12-13(4-3-5-14(12)22-2)21(11)7-6-18-16-9-15(17)19-10-20-16/h3-5,8-10H,6-7H2,1-2H3,(H,18,19,20). The molecular weight excluding hydrogens is 300 g/mol. The van der Waals surface area contributed by atoms with E-state index >= 15 is 0 Å². The predicted octanol–water partition coefficient (Wildman–Crippen LogP) is 3.51. The first-order valence-electron chi connectivity index (χ1n) is 7.03. The second kappa shape index (κ2) is 6.23. The van der Waals surface area contributed by atoms with Crippen molar-refractivity contribution in [2.24, 2.45) is 0 Å². The highest BCUT2D eigenvalue weighted by atomic mass is 35.5. The zero-order chi connectivity index (χ0) is 15.5. The summed E-state index contributed by atoms with van der Waals surface area (Å²) in [7, 11) is 1.70. The first-order valence-corrected chi connectivity index (χ1v) is 7.41. The molecule has 22 heavy (non-hydrogen) atoms. The Morgan fingerprint density at radius 2 is 2.14 bits per heavy atom. The number of nitrogens with zero attached hydrogens (tertiary/aromatic N) is 3. The van der Waals surface area contributed by atoms with Crippen LogP contribution >= 0.6 is 11.6 Å². The number of fused-ring (bicyclic) bond motifs is 1. The van der Waals surface area contributed by atoms with Crippen LogP contribution in [0, 0.1) is 6.92 Å². The van der Waals surface area contributed by atoms with E-state index in [-0.39, 0.29) is 0 Å². The number of methoxy groups -OCH3 is 1. The van der Waals surface area contributed by atoms with Gasteiger partial charge < -0.3 is 14.6 Å². The van der Waals surface area contributed by atoms with Crippen LogP contribution in [0.4, 0.5) is 5.82 Å². The fraction of sp³-hybridized carbons (Fsp3) is 0.250. The molecule has 0 bridgehead atoms. The third-order valence-electron chi connectivity index (χ3n) is 3.61. The summed E-state index contributed by atoms with van der Waals surface area (Å²) in [6.07, 6.45) is 1.45. The van der Waals surface area contributed by atoms with Crippen molar-refractivity contribution in [1.82, 2.24) is 14.5 Å². The summed E-state index contributed by atoms with van der Waals surface area (Å²) in [5.41, 5.74) is 2.36. The van der Waals surface area contributed by atoms with E-state index in [0.29, 0.717) is 5.15 Å². The second-order valence-electron chi connectivity index (χ2n) is 4.98. The van der Waals surface area contributed by atoms with Crippen LogP contribution < -0.4 is 10.1 Å². The van der Waals surface area contributed by atoms with E-state index in [1.54, 1.807) is 13.2 Å². The first-order chi connectivity index (χ1) is 10.7. The molecule has 1 N–H and O–H groups in total. The molecule has 0 aliphatic carbocycles. The van der Waals surface area contributed by atoms with Gasteiger partial charge in [-0.1, -0.05) is 17.7 Å². The van der Waals surface area contributed by atoms with Crippen LogP contribution in [0.5, 0.6) is 5.75 Å². The van der Waals surface area contributed by atoms with E-state index in [4.69, 9.17) is 16.3 Å². The molecule has 0 amide bonds. The topological polar surface area (TPSA) is 52.0 Å². The molecule has 1 aromatic carbocycles. The Morgan fingerprint density at radius 3 is 2.91 bits per heavy atom. The number of hydrogen-bond acceptors (Lipinski definition) is 4. The Labute approximate surface area is 133 Å². The summed E-state index contributed by atoms with van der Waals surface area (Å²) in [6.45, 7) is 3.67. The molecule has 0 unspecified atom stereocenters. The maximum Gasteiger partial charge on any atom is 0.134 e. The monoisotopic (exact) mass is 316 g/mol. The van der Waals surface area contributed by atoms with Crippen LogP contribution in [0.25, 0.3) is 10.9 Å². The van der Waals surface area contributed by atoms with Gasteiger partial charge in [-0.25, -0.2) is 9.97 Å². The van der Waals surface area contributed by atoms with Crippen molar-refractivity contribution in [2.75, 3.05) is 19.0 Å². The molecule has 6 heteroatoms. The Kier molecular flexibility index (Phi) is 4.15. The van der Waals surface area contributed by atoms with Gasteiger partial charge in [0.1, 0.15) is 23.0 Å². The Morgan fingerprint density at radius 1 is 1.27 bits per heavy atom. The lowest BCUT2D eigenvalue weighted by Crippen LogP contribution is -2.12. The molecule has 0 aliphatic heterocycles. The molecule has 0 saturated carbocycles. The average Bonchev–Trinajstić information content (AvgIpc) is 2.83. The normalized spacial score (nSPS) is 10.9. The summed E-state index contributed by atoms with van der Waals surface area (Å²) >= 11 is 5.85. The number of rotatable bonds is 5. The summed E-state index contributed by atoms with van der Waals surface area (Å²) in [5, 5.41) is 4.82. The van der Waals surface area contributed by atoms with Crippen molar-refractivity contribution in [1.29, 1.82) is 0 Å². The van der Waals surface area contributed by atoms with Crippen LogP contribution in [0.2, 0.25) is 5.15 Å². The minimum absolute atomic E-state index is 0.435. The largest absolute Gasteiger partial charge is 0.496 e. The Hall–Kier alpha value is -2.27. The van der Waals surface area contributed by atoms with Crippen LogP contribution in [-0.4, -0.2) is 28.2 Å². The molecule has 2 aromatic heterocycles. The highest BCUT2D eigenvalue weighted by molar-refractivity contribution is 6.29. The fourth-order valence-corrected chi connectivity index (χ4v) is 2.74. The lowest BCUT2D eigenvalue weighted by molar-refractivity contribution is 0.420. The average molecular weight is 317 g/mol. The van der Waals surface area contributed by atoms with Crippen LogP contribution in [-0.2, 0) is 6.54 Å². The van der Waals surface area contributed by atoms with E-state index in [1.165, 1.54) is 17.5 Å². The molecule has 114 valence electrons. The minimum atomic E-state index is 0.435. The zero-order valence-electron chi connectivity index (χ0n) is 12.5. The van der Waals surface area contributed by atoms with Gasteiger partial charge in [0.25, 0.3) is 0 Å². The Balaban J connectivity index is 1.78. The number of nitrogens with one attached hydrogen (secondary N) is 1. The maximum atomic E-state index is 5.85. The summed E-state index contributed by atoms with van der Waals surface area (Å²) < 4.78 is 7.68. The van der Waals surface area contributed by atoms with Gasteiger partial charge in [-0.05, 0) is 25.1 Å². The van der Waals surface area contributed by atoms with Crippen molar-refractivity contribution in [3.05, 3.63) is 47.5 Å². The molecule has 0 saturated heterocycles. The number of benzene rings is 1. The molecule has 5 nitrogen and oxygen atoms in total. The lowest BCUT2D eigenvalue weighted by Gasteiger charge is -2.10. The van der Waals surface area contributed by atoms with Crippen molar-refractivity contribution >= 4 is 28.3 Å². The van der Waals surface area contributed by atoms with Gasteiger partial charge in [0.2, 0.25) is 0 Å². The maximum absolute atomic E-state index is 5.85. The van der Waals surface area contributed by atoms with E-state index in [2.05, 4.69) is 38.9 Å². The van der Waals surface area contributed by atoms with Gasteiger partial charge in [-0.3, -0.25) is 0 Å². The van der Waals surface area contributed by atoms with Gasteiger partial charge in [0, 0.05) is 30.2 Å². The third-order valence-corrected chi connectivity index (χ3v) is 3.81. The summed E-state index contributed by atoms with van der Waals surface area (Å²) in [4.78, 5) is 8.00. The van der Waals surface area contributed by atoms with E-state index in [1.807, 2.05) is 12.1 Å². The highest BCUT2D eigenvalue weighted by Gasteiger charge is 2.09. The molecule has 0 aliphatic rings. The lowest BCUT2D eigenvalue weighted by atomic mass is 10.2. The molecule has 3 aromatic rings. The van der Waals surface area contributed by atoms with Crippen molar-refractivity contribution in [3.8, 4) is 5.75 Å². The predicted molar refractivity (Wildman–Crippen MR) is 88.8 cm³/mol. The van der Waals surface area contributed by atoms with E-state index in [0.717, 1.165) is 30.0 Å². The SMILES string of the molecule is COc1cccc2c1cc(C)n2CCNc1cc(Cl)ncn1.